The maximum Gasteiger partial charge on any atom is 0.271 e. The first-order chi connectivity index (χ1) is 8.97. The minimum absolute atomic E-state index is 0. The SMILES string of the molecule is Cl.N=C(N)NN=C1C=CC(=NNC(=N)N[N+](=O)[O-])C=C1. The number of allylic oxidation sites excluding steroid dienone is 4. The van der Waals surface area contributed by atoms with Crippen molar-refractivity contribution in [2.45, 2.75) is 0 Å². The molecule has 0 bridgehead atoms. The quantitative estimate of drug-likeness (QED) is 0.128. The lowest BCUT2D eigenvalue weighted by molar-refractivity contribution is -0.525. The second-order valence-corrected chi connectivity index (χ2v) is 3.12. The van der Waals surface area contributed by atoms with E-state index in [1.807, 2.05) is 0 Å². The van der Waals surface area contributed by atoms with Crippen molar-refractivity contribution in [3.8, 4) is 0 Å². The van der Waals surface area contributed by atoms with Crippen LogP contribution in [0.25, 0.3) is 0 Å². The standard InChI is InChI=1S/C8H11N9O2.ClH/c9-7(10)14-12-5-1-3-6(4-2-5)13-15-8(11)16-17(18)19;/h1-4H,(H4,9,10,14)(H3,11,15,16);1H. The van der Waals surface area contributed by atoms with E-state index < -0.39 is 11.0 Å². The molecule has 0 aliphatic heterocycles. The lowest BCUT2D eigenvalue weighted by atomic mass is 10.1. The van der Waals surface area contributed by atoms with E-state index in [1.165, 1.54) is 0 Å². The summed E-state index contributed by atoms with van der Waals surface area (Å²) >= 11 is 0. The van der Waals surface area contributed by atoms with Gasteiger partial charge in [0.15, 0.2) is 5.03 Å². The molecule has 7 N–H and O–H groups in total. The van der Waals surface area contributed by atoms with Crippen LogP contribution in [0.15, 0.2) is 34.5 Å². The van der Waals surface area contributed by atoms with Crippen molar-refractivity contribution in [1.29, 1.82) is 10.8 Å². The Kier molecular flexibility index (Phi) is 6.99. The molecule has 108 valence electrons. The number of hydrogen-bond acceptors (Lipinski definition) is 6. The van der Waals surface area contributed by atoms with Gasteiger partial charge < -0.3 is 5.73 Å². The van der Waals surface area contributed by atoms with Crippen molar-refractivity contribution in [2.75, 3.05) is 0 Å². The Balaban J connectivity index is 0.00000361. The molecular formula is C8H12ClN9O2. The molecule has 0 saturated carbocycles. The van der Waals surface area contributed by atoms with Crippen LogP contribution in [-0.2, 0) is 0 Å². The van der Waals surface area contributed by atoms with Gasteiger partial charge in [-0.05, 0) is 24.3 Å². The molecule has 0 fully saturated rings. The van der Waals surface area contributed by atoms with Crippen molar-refractivity contribution in [2.24, 2.45) is 15.9 Å². The third-order valence-corrected chi connectivity index (χ3v) is 1.66. The van der Waals surface area contributed by atoms with E-state index in [0.29, 0.717) is 11.4 Å². The average Bonchev–Trinajstić information content (AvgIpc) is 2.34. The van der Waals surface area contributed by atoms with Gasteiger partial charge in [-0.15, -0.1) is 12.4 Å². The molecule has 1 rings (SSSR count). The third kappa shape index (κ3) is 6.70. The second kappa shape index (κ2) is 8.20. The van der Waals surface area contributed by atoms with Gasteiger partial charge in [-0.1, -0.05) is 5.43 Å². The fraction of sp³-hybridized carbons (Fsp3) is 0. The number of halogens is 1. The van der Waals surface area contributed by atoms with Gasteiger partial charge in [0.05, 0.1) is 11.4 Å². The topological polar surface area (TPSA) is 178 Å². The monoisotopic (exact) mass is 301 g/mol. The van der Waals surface area contributed by atoms with Crippen molar-refractivity contribution in [3.63, 3.8) is 0 Å². The maximum absolute atomic E-state index is 10.0. The summed E-state index contributed by atoms with van der Waals surface area (Å²) in [4.78, 5) is 10.0. The van der Waals surface area contributed by atoms with Crippen LogP contribution in [0.5, 0.6) is 0 Å². The number of nitrogens with two attached hydrogens (primary N) is 1. The Morgan fingerprint density at radius 2 is 1.60 bits per heavy atom. The highest BCUT2D eigenvalue weighted by Crippen LogP contribution is 1.96. The van der Waals surface area contributed by atoms with Crippen LogP contribution < -0.4 is 22.0 Å². The van der Waals surface area contributed by atoms with Crippen LogP contribution in [0, 0.1) is 20.9 Å². The minimum atomic E-state index is -0.875. The van der Waals surface area contributed by atoms with Crippen molar-refractivity contribution in [1.82, 2.24) is 16.3 Å². The molecule has 0 aromatic heterocycles. The second-order valence-electron chi connectivity index (χ2n) is 3.12. The normalized spacial score (nSPS) is 12.0. The van der Waals surface area contributed by atoms with Crippen LogP contribution >= 0.6 is 12.4 Å². The van der Waals surface area contributed by atoms with E-state index in [9.17, 15) is 10.1 Å². The zero-order valence-electron chi connectivity index (χ0n) is 9.95. The smallest absolute Gasteiger partial charge is 0.271 e. The number of rotatable bonds is 3. The third-order valence-electron chi connectivity index (χ3n) is 1.66. The lowest BCUT2D eigenvalue weighted by Crippen LogP contribution is -2.37. The summed E-state index contributed by atoms with van der Waals surface area (Å²) in [6.45, 7) is 0. The van der Waals surface area contributed by atoms with Gasteiger partial charge in [-0.3, -0.25) is 10.8 Å². The van der Waals surface area contributed by atoms with E-state index in [0.717, 1.165) is 0 Å². The predicted molar refractivity (Wildman–Crippen MR) is 76.4 cm³/mol. The summed E-state index contributed by atoms with van der Waals surface area (Å²) in [6.07, 6.45) is 6.29. The Morgan fingerprint density at radius 1 is 1.15 bits per heavy atom. The fourth-order valence-electron chi connectivity index (χ4n) is 0.963. The number of guanidine groups is 2. The van der Waals surface area contributed by atoms with E-state index >= 15 is 0 Å². The molecule has 1 aliphatic carbocycles. The predicted octanol–water partition coefficient (Wildman–Crippen LogP) is -0.965. The fourth-order valence-corrected chi connectivity index (χ4v) is 0.963. The minimum Gasteiger partial charge on any atom is -0.369 e. The molecule has 0 aromatic rings. The van der Waals surface area contributed by atoms with Crippen molar-refractivity contribution < 1.29 is 5.03 Å². The maximum atomic E-state index is 10.0. The molecular weight excluding hydrogens is 290 g/mol. The van der Waals surface area contributed by atoms with Gasteiger partial charge in [0.25, 0.3) is 5.96 Å². The summed E-state index contributed by atoms with van der Waals surface area (Å²) in [5, 5.41) is 30.7. The zero-order chi connectivity index (χ0) is 14.3. The molecule has 0 amide bonds. The van der Waals surface area contributed by atoms with E-state index in [1.54, 1.807) is 29.7 Å². The lowest BCUT2D eigenvalue weighted by Gasteiger charge is -2.03. The number of nitrogens with one attached hydrogen (secondary N) is 5. The van der Waals surface area contributed by atoms with Gasteiger partial charge >= 0.3 is 0 Å². The molecule has 11 nitrogen and oxygen atoms in total. The van der Waals surface area contributed by atoms with Gasteiger partial charge in [0, 0.05) is 0 Å². The molecule has 20 heavy (non-hydrogen) atoms. The van der Waals surface area contributed by atoms with Crippen LogP contribution in [0.4, 0.5) is 0 Å². The van der Waals surface area contributed by atoms with Gasteiger partial charge in [-0.2, -0.15) is 10.2 Å². The highest BCUT2D eigenvalue weighted by molar-refractivity contribution is 6.18. The Bertz CT molecular complexity index is 504. The molecule has 0 heterocycles. The number of hydrazone groups is 2. The highest BCUT2D eigenvalue weighted by atomic mass is 35.5. The van der Waals surface area contributed by atoms with Crippen LogP contribution in [0.2, 0.25) is 0 Å². The number of nitrogens with zero attached hydrogens (tertiary/aromatic N) is 3. The zero-order valence-corrected chi connectivity index (χ0v) is 10.8. The van der Waals surface area contributed by atoms with Gasteiger partial charge in [0.1, 0.15) is 0 Å². The van der Waals surface area contributed by atoms with E-state index in [4.69, 9.17) is 16.6 Å². The summed E-state index contributed by atoms with van der Waals surface area (Å²) < 4.78 is 0. The first kappa shape index (κ1) is 17.1. The van der Waals surface area contributed by atoms with Gasteiger partial charge in [0.2, 0.25) is 5.96 Å². The summed E-state index contributed by atoms with van der Waals surface area (Å²) in [5.74, 6) is -0.841. The molecule has 0 atom stereocenters. The Morgan fingerprint density at radius 3 is 2.00 bits per heavy atom. The van der Waals surface area contributed by atoms with Crippen LogP contribution in [0.1, 0.15) is 0 Å². The number of hydrazine groups is 1. The largest absolute Gasteiger partial charge is 0.369 e. The molecule has 0 unspecified atom stereocenters. The van der Waals surface area contributed by atoms with Crippen LogP contribution in [-0.4, -0.2) is 28.4 Å². The summed E-state index contributed by atoms with van der Waals surface area (Å²) in [7, 11) is 0. The molecule has 1 aliphatic rings. The number of nitro groups is 1. The average molecular weight is 302 g/mol. The molecule has 0 saturated heterocycles. The van der Waals surface area contributed by atoms with E-state index in [-0.39, 0.29) is 18.4 Å². The molecule has 12 heteroatoms. The molecule has 0 spiro atoms. The van der Waals surface area contributed by atoms with Crippen molar-refractivity contribution >= 4 is 35.7 Å². The first-order valence-corrected chi connectivity index (χ1v) is 4.84. The van der Waals surface area contributed by atoms with Gasteiger partial charge in [-0.25, -0.2) is 21.0 Å². The highest BCUT2D eigenvalue weighted by Gasteiger charge is 2.02. The van der Waals surface area contributed by atoms with Crippen molar-refractivity contribution in [3.05, 3.63) is 34.4 Å². The van der Waals surface area contributed by atoms with E-state index in [2.05, 4.69) is 21.1 Å². The van der Waals surface area contributed by atoms with Crippen LogP contribution in [0.3, 0.4) is 0 Å². The molecule has 0 aromatic carbocycles. The Hall–Kier alpha value is -2.95. The Labute approximate surface area is 119 Å². The summed E-state index contributed by atoms with van der Waals surface area (Å²) in [6, 6.07) is 0. The number of hydrogen-bond donors (Lipinski definition) is 6. The molecule has 0 radical (unpaired) electrons. The summed E-state index contributed by atoms with van der Waals surface area (Å²) in [5.41, 5.74) is 12.0. The first-order valence-electron chi connectivity index (χ1n) is 4.84.